The second kappa shape index (κ2) is 6.78. The largest absolute Gasteiger partial charge is 0.391 e. The minimum atomic E-state index is -1.01. The van der Waals surface area contributed by atoms with Crippen molar-refractivity contribution in [1.82, 2.24) is 0 Å². The Morgan fingerprint density at radius 3 is 2.25 bits per heavy atom. The fourth-order valence-corrected chi connectivity index (χ4v) is 1.50. The first-order valence-corrected chi connectivity index (χ1v) is 4.95. The van der Waals surface area contributed by atoms with Crippen molar-refractivity contribution >= 4 is 12.4 Å². The summed E-state index contributed by atoms with van der Waals surface area (Å²) in [6.45, 7) is 1.87. The Labute approximate surface area is 99.9 Å². The normalized spacial score (nSPS) is 14.1. The summed E-state index contributed by atoms with van der Waals surface area (Å²) >= 11 is 0. The maximum atomic E-state index is 13.3. The molecule has 0 saturated heterocycles. The van der Waals surface area contributed by atoms with Crippen LogP contribution in [0.5, 0.6) is 0 Å². The molecule has 2 atom stereocenters. The summed E-state index contributed by atoms with van der Waals surface area (Å²) in [6, 6.07) is 2.53. The first kappa shape index (κ1) is 15.3. The molecule has 0 heterocycles. The smallest absolute Gasteiger partial charge is 0.131 e. The lowest BCUT2D eigenvalue weighted by Gasteiger charge is -2.19. The van der Waals surface area contributed by atoms with E-state index in [2.05, 4.69) is 0 Å². The highest BCUT2D eigenvalue weighted by atomic mass is 35.5. The van der Waals surface area contributed by atoms with Crippen molar-refractivity contribution in [3.05, 3.63) is 35.4 Å². The van der Waals surface area contributed by atoms with Crippen LogP contribution in [0.1, 0.15) is 31.4 Å². The Bertz CT molecular complexity index is 316. The summed E-state index contributed by atoms with van der Waals surface area (Å²) in [5.41, 5.74) is 5.36. The van der Waals surface area contributed by atoms with E-state index in [-0.39, 0.29) is 18.0 Å². The van der Waals surface area contributed by atoms with Crippen LogP contribution < -0.4 is 5.73 Å². The van der Waals surface area contributed by atoms with Crippen molar-refractivity contribution in [2.75, 3.05) is 0 Å². The molecule has 0 unspecified atom stereocenters. The fraction of sp³-hybridized carbons (Fsp3) is 0.455. The average molecular weight is 252 g/mol. The lowest BCUT2D eigenvalue weighted by Crippen LogP contribution is -2.27. The van der Waals surface area contributed by atoms with E-state index in [1.54, 1.807) is 0 Å². The van der Waals surface area contributed by atoms with Crippen LogP contribution in [0, 0.1) is 11.6 Å². The predicted octanol–water partition coefficient (Wildman–Crippen LogP) is 2.55. The molecular weight excluding hydrogens is 236 g/mol. The molecule has 0 amide bonds. The summed E-state index contributed by atoms with van der Waals surface area (Å²) in [5.74, 6) is -1.42. The van der Waals surface area contributed by atoms with Gasteiger partial charge in [0, 0.05) is 5.56 Å². The number of aliphatic hydroxyl groups excluding tert-OH is 1. The molecule has 0 aliphatic rings. The van der Waals surface area contributed by atoms with E-state index >= 15 is 0 Å². The van der Waals surface area contributed by atoms with E-state index in [0.717, 1.165) is 12.1 Å². The van der Waals surface area contributed by atoms with Crippen molar-refractivity contribution in [3.63, 3.8) is 0 Å². The highest BCUT2D eigenvalue weighted by molar-refractivity contribution is 5.85. The molecule has 3 N–H and O–H groups in total. The van der Waals surface area contributed by atoms with Crippen LogP contribution in [0.3, 0.4) is 0 Å². The molecule has 5 heteroatoms. The Hall–Kier alpha value is -0.710. The topological polar surface area (TPSA) is 46.2 Å². The van der Waals surface area contributed by atoms with Crippen molar-refractivity contribution in [1.29, 1.82) is 0 Å². The molecule has 16 heavy (non-hydrogen) atoms. The lowest BCUT2D eigenvalue weighted by molar-refractivity contribution is 0.131. The number of hydrogen-bond acceptors (Lipinski definition) is 2. The SMILES string of the molecule is CCC[C@@H](O)[C@@H](N)c1c(F)cccc1F.Cl. The van der Waals surface area contributed by atoms with Gasteiger partial charge in [0.05, 0.1) is 12.1 Å². The maximum absolute atomic E-state index is 13.3. The van der Waals surface area contributed by atoms with Gasteiger partial charge in [-0.05, 0) is 18.6 Å². The predicted molar refractivity (Wildman–Crippen MR) is 61.4 cm³/mol. The Morgan fingerprint density at radius 2 is 1.81 bits per heavy atom. The third-order valence-corrected chi connectivity index (χ3v) is 2.33. The van der Waals surface area contributed by atoms with E-state index in [9.17, 15) is 13.9 Å². The summed E-state index contributed by atoms with van der Waals surface area (Å²) < 4.78 is 26.5. The number of hydrogen-bond donors (Lipinski definition) is 2. The number of rotatable bonds is 4. The van der Waals surface area contributed by atoms with Gasteiger partial charge in [0.1, 0.15) is 11.6 Å². The molecule has 92 valence electrons. The number of halogens is 3. The van der Waals surface area contributed by atoms with Gasteiger partial charge in [0.25, 0.3) is 0 Å². The highest BCUT2D eigenvalue weighted by Gasteiger charge is 2.22. The maximum Gasteiger partial charge on any atom is 0.131 e. The summed E-state index contributed by atoms with van der Waals surface area (Å²) in [7, 11) is 0. The molecule has 0 radical (unpaired) electrons. The van der Waals surface area contributed by atoms with Gasteiger partial charge in [-0.2, -0.15) is 0 Å². The molecule has 0 saturated carbocycles. The van der Waals surface area contributed by atoms with Gasteiger partial charge >= 0.3 is 0 Å². The van der Waals surface area contributed by atoms with Gasteiger partial charge < -0.3 is 10.8 Å². The Kier molecular flexibility index (Phi) is 6.48. The summed E-state index contributed by atoms with van der Waals surface area (Å²) in [4.78, 5) is 0. The minimum Gasteiger partial charge on any atom is -0.391 e. The summed E-state index contributed by atoms with van der Waals surface area (Å²) in [6.07, 6.45) is 0.223. The van der Waals surface area contributed by atoms with Gasteiger partial charge in [-0.15, -0.1) is 12.4 Å². The van der Waals surface area contributed by atoms with Crippen molar-refractivity contribution in [2.45, 2.75) is 31.9 Å². The molecule has 0 fully saturated rings. The molecular formula is C11H16ClF2NO. The number of nitrogens with two attached hydrogens (primary N) is 1. The van der Waals surface area contributed by atoms with Crippen LogP contribution in [0.4, 0.5) is 8.78 Å². The molecule has 0 aromatic heterocycles. The minimum absolute atomic E-state index is 0. The zero-order chi connectivity index (χ0) is 11.4. The molecule has 0 aliphatic heterocycles. The van der Waals surface area contributed by atoms with Crippen LogP contribution in [-0.4, -0.2) is 11.2 Å². The molecule has 0 aliphatic carbocycles. The summed E-state index contributed by atoms with van der Waals surface area (Å²) in [5, 5.41) is 9.56. The fourth-order valence-electron chi connectivity index (χ4n) is 1.50. The van der Waals surface area contributed by atoms with Crippen LogP contribution in [-0.2, 0) is 0 Å². The standard InChI is InChI=1S/C11H15F2NO.ClH/c1-2-4-9(15)11(14)10-7(12)5-3-6-8(10)13;/h3,5-6,9,11,15H,2,4,14H2,1H3;1H/t9-,11-;/m1./s1. The van der Waals surface area contributed by atoms with Crippen LogP contribution >= 0.6 is 12.4 Å². The van der Waals surface area contributed by atoms with Crippen LogP contribution in [0.15, 0.2) is 18.2 Å². The van der Waals surface area contributed by atoms with E-state index in [1.807, 2.05) is 6.92 Å². The first-order valence-electron chi connectivity index (χ1n) is 4.95. The second-order valence-corrected chi connectivity index (χ2v) is 3.52. The molecule has 1 aromatic carbocycles. The van der Waals surface area contributed by atoms with Crippen molar-refractivity contribution < 1.29 is 13.9 Å². The molecule has 1 aromatic rings. The molecule has 1 rings (SSSR count). The number of benzene rings is 1. The second-order valence-electron chi connectivity index (χ2n) is 3.52. The van der Waals surface area contributed by atoms with E-state index in [0.29, 0.717) is 12.8 Å². The monoisotopic (exact) mass is 251 g/mol. The van der Waals surface area contributed by atoms with Gasteiger partial charge in [-0.25, -0.2) is 8.78 Å². The van der Waals surface area contributed by atoms with Crippen LogP contribution in [0.2, 0.25) is 0 Å². The molecule has 2 nitrogen and oxygen atoms in total. The van der Waals surface area contributed by atoms with E-state index < -0.39 is 23.8 Å². The third-order valence-electron chi connectivity index (χ3n) is 2.33. The van der Waals surface area contributed by atoms with Crippen molar-refractivity contribution in [2.24, 2.45) is 5.73 Å². The lowest BCUT2D eigenvalue weighted by atomic mass is 9.98. The first-order chi connectivity index (χ1) is 7.07. The highest BCUT2D eigenvalue weighted by Crippen LogP contribution is 2.23. The Balaban J connectivity index is 0.00000225. The van der Waals surface area contributed by atoms with Gasteiger partial charge in [0.15, 0.2) is 0 Å². The van der Waals surface area contributed by atoms with Gasteiger partial charge in [-0.3, -0.25) is 0 Å². The van der Waals surface area contributed by atoms with Crippen LogP contribution in [0.25, 0.3) is 0 Å². The molecule has 0 spiro atoms. The molecule has 0 bridgehead atoms. The van der Waals surface area contributed by atoms with Gasteiger partial charge in [-0.1, -0.05) is 19.4 Å². The third kappa shape index (κ3) is 3.40. The number of aliphatic hydroxyl groups is 1. The zero-order valence-corrected chi connectivity index (χ0v) is 9.81. The average Bonchev–Trinajstić information content (AvgIpc) is 2.17. The van der Waals surface area contributed by atoms with E-state index in [4.69, 9.17) is 5.73 Å². The zero-order valence-electron chi connectivity index (χ0n) is 8.99. The van der Waals surface area contributed by atoms with E-state index in [1.165, 1.54) is 6.07 Å². The quantitative estimate of drug-likeness (QED) is 0.864. The van der Waals surface area contributed by atoms with Gasteiger partial charge in [0.2, 0.25) is 0 Å². The Morgan fingerprint density at radius 1 is 1.31 bits per heavy atom. The van der Waals surface area contributed by atoms with Crippen molar-refractivity contribution in [3.8, 4) is 0 Å².